The summed E-state index contributed by atoms with van der Waals surface area (Å²) in [6, 6.07) is 0. The Bertz CT molecular complexity index is 570. The number of aliphatic hydroxyl groups is 3. The van der Waals surface area contributed by atoms with Gasteiger partial charge in [-0.1, -0.05) is 39.3 Å². The number of fused-ring (bicyclic) bond motifs is 5. The fraction of sp³-hybridized carbons (Fsp3) is 0.909. The fourth-order valence-electron chi connectivity index (χ4n) is 7.34. The molecule has 0 aromatic rings. The van der Waals surface area contributed by atoms with Gasteiger partial charge in [0.2, 0.25) is 0 Å². The average Bonchev–Trinajstić information content (AvgIpc) is 2.81. The maximum absolute atomic E-state index is 11.1. The Balaban J connectivity index is 1.71. The lowest BCUT2D eigenvalue weighted by Gasteiger charge is -2.58. The van der Waals surface area contributed by atoms with Crippen molar-refractivity contribution >= 4 is 0 Å². The zero-order valence-corrected chi connectivity index (χ0v) is 16.3. The van der Waals surface area contributed by atoms with E-state index in [0.29, 0.717) is 23.7 Å². The Morgan fingerprint density at radius 3 is 2.44 bits per heavy atom. The first-order valence-electron chi connectivity index (χ1n) is 10.4. The molecule has 4 aliphatic rings. The van der Waals surface area contributed by atoms with E-state index in [9.17, 15) is 15.3 Å². The second-order valence-corrected chi connectivity index (χ2v) is 10.4. The molecule has 0 aromatic carbocycles. The summed E-state index contributed by atoms with van der Waals surface area (Å²) in [6.45, 7) is 9.11. The van der Waals surface area contributed by atoms with Crippen molar-refractivity contribution in [1.29, 1.82) is 0 Å². The smallest absolute Gasteiger partial charge is 0.0757 e. The standard InChI is InChI=1S/C22H36O3/c1-12(2)15-11-17-19-16(6-8-22(17,4)20(15)25)21(3)7-5-14(23)9-13(21)10-18(19)24/h10,12,14-20,23-25H,5-9,11H2,1-4H3/t14?,15?,16-,17+,18?,19-,20?,21+,22+/m1/s1. The maximum Gasteiger partial charge on any atom is 0.0757 e. The monoisotopic (exact) mass is 348 g/mol. The van der Waals surface area contributed by atoms with Gasteiger partial charge in [0, 0.05) is 0 Å². The van der Waals surface area contributed by atoms with Crippen molar-refractivity contribution in [3.63, 3.8) is 0 Å². The fourth-order valence-corrected chi connectivity index (χ4v) is 7.34. The van der Waals surface area contributed by atoms with E-state index < -0.39 is 6.10 Å². The molecule has 0 aromatic heterocycles. The van der Waals surface area contributed by atoms with Gasteiger partial charge in [0.05, 0.1) is 18.3 Å². The molecule has 4 aliphatic carbocycles. The van der Waals surface area contributed by atoms with Crippen LogP contribution in [0.1, 0.15) is 66.2 Å². The Kier molecular flexibility index (Phi) is 4.18. The molecule has 4 unspecified atom stereocenters. The summed E-state index contributed by atoms with van der Waals surface area (Å²) in [6.07, 6.45) is 7.06. The minimum atomic E-state index is -0.416. The van der Waals surface area contributed by atoms with Gasteiger partial charge < -0.3 is 15.3 Å². The molecule has 9 atom stereocenters. The maximum atomic E-state index is 11.1. The molecule has 3 fully saturated rings. The summed E-state index contributed by atoms with van der Waals surface area (Å²) in [5.41, 5.74) is 1.38. The highest BCUT2D eigenvalue weighted by molar-refractivity contribution is 5.28. The number of aliphatic hydroxyl groups excluding tert-OH is 3. The van der Waals surface area contributed by atoms with Crippen molar-refractivity contribution in [3.8, 4) is 0 Å². The lowest BCUT2D eigenvalue weighted by Crippen LogP contribution is -2.55. The molecular weight excluding hydrogens is 312 g/mol. The first-order chi connectivity index (χ1) is 11.7. The summed E-state index contributed by atoms with van der Waals surface area (Å²) in [7, 11) is 0. The number of rotatable bonds is 1. The van der Waals surface area contributed by atoms with E-state index >= 15 is 0 Å². The van der Waals surface area contributed by atoms with Crippen LogP contribution in [0.5, 0.6) is 0 Å². The van der Waals surface area contributed by atoms with Crippen molar-refractivity contribution < 1.29 is 15.3 Å². The predicted molar refractivity (Wildman–Crippen MR) is 98.8 cm³/mol. The van der Waals surface area contributed by atoms with Crippen molar-refractivity contribution in [1.82, 2.24) is 0 Å². The highest BCUT2D eigenvalue weighted by atomic mass is 16.3. The van der Waals surface area contributed by atoms with Gasteiger partial charge in [-0.2, -0.15) is 0 Å². The molecular formula is C22H36O3. The first-order valence-corrected chi connectivity index (χ1v) is 10.4. The zero-order chi connectivity index (χ0) is 18.1. The van der Waals surface area contributed by atoms with Crippen LogP contribution in [0.3, 0.4) is 0 Å². The number of hydrogen-bond donors (Lipinski definition) is 3. The van der Waals surface area contributed by atoms with Crippen molar-refractivity contribution in [2.45, 2.75) is 84.5 Å². The van der Waals surface area contributed by atoms with Crippen LogP contribution in [0, 0.1) is 40.4 Å². The Morgan fingerprint density at radius 1 is 1.04 bits per heavy atom. The zero-order valence-electron chi connectivity index (χ0n) is 16.3. The molecule has 3 heteroatoms. The molecule has 0 amide bonds. The second kappa shape index (κ2) is 5.81. The van der Waals surface area contributed by atoms with E-state index in [1.54, 1.807) is 0 Å². The van der Waals surface area contributed by atoms with Crippen LogP contribution < -0.4 is 0 Å². The molecule has 0 spiro atoms. The van der Waals surface area contributed by atoms with Crippen molar-refractivity contribution in [3.05, 3.63) is 11.6 Å². The largest absolute Gasteiger partial charge is 0.393 e. The van der Waals surface area contributed by atoms with Gasteiger partial charge in [0.1, 0.15) is 0 Å². The molecule has 0 heterocycles. The van der Waals surface area contributed by atoms with Gasteiger partial charge in [-0.05, 0) is 78.9 Å². The Morgan fingerprint density at radius 2 is 1.76 bits per heavy atom. The van der Waals surface area contributed by atoms with Crippen LogP contribution in [0.2, 0.25) is 0 Å². The third-order valence-electron chi connectivity index (χ3n) is 9.00. The summed E-state index contributed by atoms with van der Waals surface area (Å²) in [5, 5.41) is 32.3. The first kappa shape index (κ1) is 18.0. The second-order valence-electron chi connectivity index (χ2n) is 10.4. The molecule has 0 radical (unpaired) electrons. The molecule has 25 heavy (non-hydrogen) atoms. The van der Waals surface area contributed by atoms with Crippen LogP contribution >= 0.6 is 0 Å². The van der Waals surface area contributed by atoms with Crippen molar-refractivity contribution in [2.24, 2.45) is 40.4 Å². The summed E-state index contributed by atoms with van der Waals surface area (Å²) < 4.78 is 0. The van der Waals surface area contributed by atoms with E-state index in [0.717, 1.165) is 38.5 Å². The third-order valence-corrected chi connectivity index (χ3v) is 9.00. The molecule has 3 saturated carbocycles. The van der Waals surface area contributed by atoms with Crippen LogP contribution in [0.4, 0.5) is 0 Å². The normalized spacial score (nSPS) is 55.4. The Labute approximate surface area is 152 Å². The van der Waals surface area contributed by atoms with E-state index in [4.69, 9.17) is 0 Å². The van der Waals surface area contributed by atoms with Gasteiger partial charge in [0.15, 0.2) is 0 Å². The lowest BCUT2D eigenvalue weighted by atomic mass is 9.47. The van der Waals surface area contributed by atoms with Crippen molar-refractivity contribution in [2.75, 3.05) is 0 Å². The van der Waals surface area contributed by atoms with Gasteiger partial charge in [-0.25, -0.2) is 0 Å². The van der Waals surface area contributed by atoms with Gasteiger partial charge >= 0.3 is 0 Å². The van der Waals surface area contributed by atoms with Gasteiger partial charge in [-0.3, -0.25) is 0 Å². The van der Waals surface area contributed by atoms with E-state index in [-0.39, 0.29) is 29.0 Å². The van der Waals surface area contributed by atoms with Crippen LogP contribution in [0.15, 0.2) is 11.6 Å². The summed E-state index contributed by atoms with van der Waals surface area (Å²) in [4.78, 5) is 0. The lowest BCUT2D eigenvalue weighted by molar-refractivity contribution is -0.108. The highest BCUT2D eigenvalue weighted by Gasteiger charge is 2.62. The van der Waals surface area contributed by atoms with Crippen LogP contribution in [-0.4, -0.2) is 33.6 Å². The van der Waals surface area contributed by atoms with Crippen LogP contribution in [0.25, 0.3) is 0 Å². The molecule has 0 saturated heterocycles. The van der Waals surface area contributed by atoms with E-state index in [1.807, 2.05) is 0 Å². The van der Waals surface area contributed by atoms with E-state index in [2.05, 4.69) is 33.8 Å². The topological polar surface area (TPSA) is 60.7 Å². The molecule has 0 bridgehead atoms. The average molecular weight is 349 g/mol. The predicted octanol–water partition coefficient (Wildman–Crippen LogP) is 3.52. The molecule has 142 valence electrons. The Hall–Kier alpha value is -0.380. The van der Waals surface area contributed by atoms with Gasteiger partial charge in [0.25, 0.3) is 0 Å². The van der Waals surface area contributed by atoms with Gasteiger partial charge in [-0.15, -0.1) is 0 Å². The molecule has 0 aliphatic heterocycles. The summed E-state index contributed by atoms with van der Waals surface area (Å²) >= 11 is 0. The SMILES string of the molecule is CC(C)C1C[C@H]2[C@@H]3C(O)C=C4CC(O)CC[C@]4(C)[C@@H]3CC[C@]2(C)C1O. The third kappa shape index (κ3) is 2.41. The molecule has 3 nitrogen and oxygen atoms in total. The molecule has 4 rings (SSSR count). The highest BCUT2D eigenvalue weighted by Crippen LogP contribution is 2.66. The summed E-state index contributed by atoms with van der Waals surface area (Å²) in [5.74, 6) is 2.01. The quantitative estimate of drug-likeness (QED) is 0.635. The number of hydrogen-bond acceptors (Lipinski definition) is 3. The van der Waals surface area contributed by atoms with Crippen LogP contribution in [-0.2, 0) is 0 Å². The van der Waals surface area contributed by atoms with E-state index in [1.165, 1.54) is 5.57 Å². The molecule has 3 N–H and O–H groups in total. The minimum Gasteiger partial charge on any atom is -0.393 e. The minimum absolute atomic E-state index is 0.0486.